The predicted octanol–water partition coefficient (Wildman–Crippen LogP) is 1.59. The highest BCUT2D eigenvalue weighted by Gasteiger charge is 2.32. The van der Waals surface area contributed by atoms with Gasteiger partial charge in [-0.2, -0.15) is 8.78 Å². The van der Waals surface area contributed by atoms with Crippen molar-refractivity contribution >= 4 is 5.97 Å². The Bertz CT molecular complexity index is 155. The maximum atomic E-state index is 11.6. The molecule has 64 valence electrons. The van der Waals surface area contributed by atoms with Crippen LogP contribution in [0.15, 0.2) is 0 Å². The molecule has 0 heterocycles. The van der Waals surface area contributed by atoms with Gasteiger partial charge in [0.25, 0.3) is 0 Å². The van der Waals surface area contributed by atoms with Gasteiger partial charge in [0.2, 0.25) is 0 Å². The Hall–Kier alpha value is -0.670. The van der Waals surface area contributed by atoms with Crippen molar-refractivity contribution in [2.45, 2.75) is 32.3 Å². The van der Waals surface area contributed by atoms with E-state index in [0.29, 0.717) is 5.92 Å². The molecule has 1 aliphatic rings. The molecule has 0 amide bonds. The smallest absolute Gasteiger partial charge is 0.374 e. The van der Waals surface area contributed by atoms with Gasteiger partial charge in [-0.25, -0.2) is 4.79 Å². The van der Waals surface area contributed by atoms with Gasteiger partial charge in [0, 0.05) is 0 Å². The molecule has 11 heavy (non-hydrogen) atoms. The van der Waals surface area contributed by atoms with Crippen molar-refractivity contribution in [1.29, 1.82) is 0 Å². The van der Waals surface area contributed by atoms with Crippen molar-refractivity contribution in [3.8, 4) is 0 Å². The Morgan fingerprint density at radius 2 is 2.09 bits per heavy atom. The molecular formula is C7H10F2O2. The Kier molecular flexibility index (Phi) is 2.42. The third-order valence-electron chi connectivity index (χ3n) is 1.77. The number of hydrogen-bond donors (Lipinski definition) is 0. The lowest BCUT2D eigenvalue weighted by atomic mass is 10.3. The first kappa shape index (κ1) is 8.43. The van der Waals surface area contributed by atoms with Crippen LogP contribution >= 0.6 is 0 Å². The summed E-state index contributed by atoms with van der Waals surface area (Å²) in [6, 6.07) is 0. The first-order valence-electron chi connectivity index (χ1n) is 3.60. The Morgan fingerprint density at radius 3 is 2.45 bits per heavy atom. The summed E-state index contributed by atoms with van der Waals surface area (Å²) in [5.74, 6) is -1.08. The van der Waals surface area contributed by atoms with Crippen molar-refractivity contribution in [3.05, 3.63) is 0 Å². The fraction of sp³-hybridized carbons (Fsp3) is 0.857. The van der Waals surface area contributed by atoms with Gasteiger partial charge in [-0.3, -0.25) is 0 Å². The van der Waals surface area contributed by atoms with Gasteiger partial charge in [-0.1, -0.05) is 0 Å². The molecule has 0 aromatic rings. The van der Waals surface area contributed by atoms with Crippen LogP contribution in [-0.4, -0.2) is 18.5 Å². The Labute approximate surface area is 63.5 Å². The van der Waals surface area contributed by atoms with E-state index in [1.54, 1.807) is 6.92 Å². The molecule has 0 radical (unpaired) electrons. The van der Waals surface area contributed by atoms with Crippen LogP contribution in [0.4, 0.5) is 8.78 Å². The van der Waals surface area contributed by atoms with Crippen molar-refractivity contribution < 1.29 is 18.3 Å². The quantitative estimate of drug-likeness (QED) is 0.592. The van der Waals surface area contributed by atoms with Crippen molar-refractivity contribution in [2.75, 3.05) is 0 Å². The highest BCUT2D eigenvalue weighted by Crippen LogP contribution is 2.34. The number of hydrogen-bond acceptors (Lipinski definition) is 2. The first-order chi connectivity index (χ1) is 5.11. The van der Waals surface area contributed by atoms with E-state index in [4.69, 9.17) is 0 Å². The normalized spacial score (nSPS) is 20.0. The zero-order chi connectivity index (χ0) is 8.43. The van der Waals surface area contributed by atoms with E-state index in [9.17, 15) is 13.6 Å². The van der Waals surface area contributed by atoms with Crippen LogP contribution in [0.25, 0.3) is 0 Å². The number of alkyl halides is 2. The van der Waals surface area contributed by atoms with Crippen LogP contribution in [0.1, 0.15) is 19.8 Å². The molecule has 0 N–H and O–H groups in total. The minimum absolute atomic E-state index is 0.317. The molecule has 1 atom stereocenters. The summed E-state index contributed by atoms with van der Waals surface area (Å²) < 4.78 is 27.6. The third-order valence-corrected chi connectivity index (χ3v) is 1.77. The van der Waals surface area contributed by atoms with Crippen LogP contribution < -0.4 is 0 Å². The SMILES string of the molecule is C[C@H](OC(=O)C(F)F)C1CC1. The maximum Gasteiger partial charge on any atom is 0.374 e. The van der Waals surface area contributed by atoms with Crippen LogP contribution in [-0.2, 0) is 9.53 Å². The van der Waals surface area contributed by atoms with E-state index >= 15 is 0 Å². The molecule has 0 spiro atoms. The summed E-state index contributed by atoms with van der Waals surface area (Å²) in [6.07, 6.45) is -1.36. The molecule has 0 saturated heterocycles. The van der Waals surface area contributed by atoms with E-state index < -0.39 is 12.4 Å². The zero-order valence-corrected chi connectivity index (χ0v) is 6.22. The fourth-order valence-corrected chi connectivity index (χ4v) is 0.897. The topological polar surface area (TPSA) is 26.3 Å². The molecule has 0 aromatic carbocycles. The molecule has 0 aliphatic heterocycles. The number of ether oxygens (including phenoxy) is 1. The Morgan fingerprint density at radius 1 is 1.55 bits per heavy atom. The molecule has 2 nitrogen and oxygen atoms in total. The average molecular weight is 164 g/mol. The Balaban J connectivity index is 2.23. The van der Waals surface area contributed by atoms with E-state index in [-0.39, 0.29) is 6.10 Å². The maximum absolute atomic E-state index is 11.6. The number of carbonyl (C=O) groups excluding carboxylic acids is 1. The van der Waals surface area contributed by atoms with Gasteiger partial charge >= 0.3 is 12.4 Å². The lowest BCUT2D eigenvalue weighted by Gasteiger charge is -2.10. The summed E-state index contributed by atoms with van der Waals surface area (Å²) in [4.78, 5) is 10.3. The molecule has 0 bridgehead atoms. The first-order valence-corrected chi connectivity index (χ1v) is 3.60. The van der Waals surface area contributed by atoms with E-state index in [1.165, 1.54) is 0 Å². The van der Waals surface area contributed by atoms with Gasteiger partial charge in [0.1, 0.15) is 6.10 Å². The van der Waals surface area contributed by atoms with Crippen LogP contribution in [0.3, 0.4) is 0 Å². The van der Waals surface area contributed by atoms with Gasteiger partial charge < -0.3 is 4.74 Å². The minimum Gasteiger partial charge on any atom is -0.458 e. The number of esters is 1. The van der Waals surface area contributed by atoms with E-state index in [1.807, 2.05) is 0 Å². The second kappa shape index (κ2) is 3.15. The van der Waals surface area contributed by atoms with E-state index in [2.05, 4.69) is 4.74 Å². The molecule has 0 unspecified atom stereocenters. The van der Waals surface area contributed by atoms with Crippen molar-refractivity contribution in [2.24, 2.45) is 5.92 Å². The third kappa shape index (κ3) is 2.44. The summed E-state index contributed by atoms with van der Waals surface area (Å²) in [5, 5.41) is 0. The van der Waals surface area contributed by atoms with Crippen molar-refractivity contribution in [3.63, 3.8) is 0 Å². The summed E-state index contributed by atoms with van der Waals surface area (Å²) in [5.41, 5.74) is 0. The van der Waals surface area contributed by atoms with E-state index in [0.717, 1.165) is 12.8 Å². The van der Waals surface area contributed by atoms with Crippen LogP contribution in [0.5, 0.6) is 0 Å². The number of rotatable bonds is 3. The summed E-state index contributed by atoms with van der Waals surface area (Å²) in [6.45, 7) is 1.65. The number of carbonyl (C=O) groups is 1. The lowest BCUT2D eigenvalue weighted by Crippen LogP contribution is -2.21. The lowest BCUT2D eigenvalue weighted by molar-refractivity contribution is -0.162. The largest absolute Gasteiger partial charge is 0.458 e. The highest BCUT2D eigenvalue weighted by atomic mass is 19.3. The van der Waals surface area contributed by atoms with Gasteiger partial charge in [-0.15, -0.1) is 0 Å². The monoisotopic (exact) mass is 164 g/mol. The zero-order valence-electron chi connectivity index (χ0n) is 6.22. The van der Waals surface area contributed by atoms with Crippen LogP contribution in [0.2, 0.25) is 0 Å². The molecular weight excluding hydrogens is 154 g/mol. The minimum atomic E-state index is -2.99. The standard InChI is InChI=1S/C7H10F2O2/c1-4(5-2-3-5)11-7(10)6(8)9/h4-6H,2-3H2,1H3/t4-/m0/s1. The van der Waals surface area contributed by atoms with Gasteiger partial charge in [0.05, 0.1) is 0 Å². The van der Waals surface area contributed by atoms with Gasteiger partial charge in [0.15, 0.2) is 0 Å². The molecule has 4 heteroatoms. The average Bonchev–Trinajstić information content (AvgIpc) is 2.67. The highest BCUT2D eigenvalue weighted by molar-refractivity contribution is 5.72. The second-order valence-corrected chi connectivity index (χ2v) is 2.78. The van der Waals surface area contributed by atoms with Gasteiger partial charge in [-0.05, 0) is 25.7 Å². The predicted molar refractivity (Wildman–Crippen MR) is 34.3 cm³/mol. The van der Waals surface area contributed by atoms with Crippen LogP contribution in [0, 0.1) is 5.92 Å². The summed E-state index contributed by atoms with van der Waals surface area (Å²) >= 11 is 0. The number of halogens is 2. The van der Waals surface area contributed by atoms with Crippen molar-refractivity contribution in [1.82, 2.24) is 0 Å². The molecule has 1 saturated carbocycles. The molecule has 1 aliphatic carbocycles. The fourth-order valence-electron chi connectivity index (χ4n) is 0.897. The molecule has 1 rings (SSSR count). The summed E-state index contributed by atoms with van der Waals surface area (Å²) in [7, 11) is 0. The molecule has 0 aromatic heterocycles. The second-order valence-electron chi connectivity index (χ2n) is 2.78. The molecule has 1 fully saturated rings.